The summed E-state index contributed by atoms with van der Waals surface area (Å²) in [6.45, 7) is 0.414. The number of carbonyl (C=O) groups excluding carboxylic acids is 8. The van der Waals surface area contributed by atoms with E-state index >= 15 is 0 Å². The molecule has 2 aromatic rings. The molecule has 0 aliphatic carbocycles. The van der Waals surface area contributed by atoms with Crippen molar-refractivity contribution in [2.75, 3.05) is 42.5 Å². The zero-order valence-corrected chi connectivity index (χ0v) is 26.4. The fourth-order valence-electron chi connectivity index (χ4n) is 5.20. The molecule has 48 heavy (non-hydrogen) atoms. The number of carbonyl (C=O) groups is 8. The molecule has 13 nitrogen and oxygen atoms in total. The molecule has 0 unspecified atom stereocenters. The van der Waals surface area contributed by atoms with E-state index in [0.29, 0.717) is 17.8 Å². The van der Waals surface area contributed by atoms with Crippen LogP contribution in [0.3, 0.4) is 0 Å². The lowest BCUT2D eigenvalue weighted by atomic mass is 10.1. The number of hydrogen-bond donors (Lipinski definition) is 1. The first-order valence-electron chi connectivity index (χ1n) is 15.7. The van der Waals surface area contributed by atoms with Crippen molar-refractivity contribution in [1.29, 1.82) is 0 Å². The number of rotatable bonds is 18. The third-order valence-electron chi connectivity index (χ3n) is 7.76. The van der Waals surface area contributed by atoms with E-state index in [9.17, 15) is 38.4 Å². The van der Waals surface area contributed by atoms with E-state index < -0.39 is 23.6 Å². The minimum atomic E-state index is -0.467. The maximum atomic E-state index is 13.5. The monoisotopic (exact) mass is 655 g/mol. The zero-order chi connectivity index (χ0) is 34.5. The first kappa shape index (κ1) is 35.1. The van der Waals surface area contributed by atoms with Crippen LogP contribution in [0, 0.1) is 0 Å². The van der Waals surface area contributed by atoms with Crippen LogP contribution in [0.4, 0.5) is 11.4 Å². The summed E-state index contributed by atoms with van der Waals surface area (Å²) in [7, 11) is 0. The molecule has 4 rings (SSSR count). The number of nitrogens with one attached hydrogen (secondary N) is 1. The van der Waals surface area contributed by atoms with Gasteiger partial charge in [-0.25, -0.2) is 0 Å². The Kier molecular flexibility index (Phi) is 12.6. The van der Waals surface area contributed by atoms with E-state index in [0.717, 1.165) is 22.0 Å². The summed E-state index contributed by atoms with van der Waals surface area (Å²) in [5.41, 5.74) is 1.22. The molecular weight excluding hydrogens is 618 g/mol. The summed E-state index contributed by atoms with van der Waals surface area (Å²) in [6.07, 6.45) is 4.87. The van der Waals surface area contributed by atoms with Gasteiger partial charge in [0.25, 0.3) is 23.6 Å². The second kappa shape index (κ2) is 17.3. The SMILES string of the molecule is O=C(CCCN(C(=O)CCC(=O)N(CCNC(=O)CCN1C(=O)C=CC1=O)c1ccccc1)c1ccccc1)CCN1C(=O)C=CC1=O. The van der Waals surface area contributed by atoms with Crippen molar-refractivity contribution in [2.24, 2.45) is 0 Å². The minimum Gasteiger partial charge on any atom is -0.354 e. The Morgan fingerprint density at radius 2 is 0.979 bits per heavy atom. The zero-order valence-electron chi connectivity index (χ0n) is 26.4. The van der Waals surface area contributed by atoms with Gasteiger partial charge in [-0.05, 0) is 30.7 Å². The average Bonchev–Trinajstić information content (AvgIpc) is 3.59. The highest BCUT2D eigenvalue weighted by atomic mass is 16.2. The molecule has 0 fully saturated rings. The third-order valence-corrected chi connectivity index (χ3v) is 7.76. The summed E-state index contributed by atoms with van der Waals surface area (Å²) >= 11 is 0. The van der Waals surface area contributed by atoms with Crippen molar-refractivity contribution in [3.8, 4) is 0 Å². The van der Waals surface area contributed by atoms with Crippen LogP contribution in [0.25, 0.3) is 0 Å². The number of Topliss-reactive ketones (excluding diaryl/α,β-unsaturated/α-hetero) is 1. The number of para-hydroxylation sites is 2. The van der Waals surface area contributed by atoms with Gasteiger partial charge in [-0.2, -0.15) is 0 Å². The maximum Gasteiger partial charge on any atom is 0.253 e. The summed E-state index contributed by atoms with van der Waals surface area (Å²) in [6, 6.07) is 17.8. The number of ketones is 1. The Bertz CT molecular complexity index is 1450. The quantitative estimate of drug-likeness (QED) is 0.238. The van der Waals surface area contributed by atoms with Crippen LogP contribution in [-0.4, -0.2) is 89.7 Å². The number of amides is 7. The fourth-order valence-corrected chi connectivity index (χ4v) is 5.20. The van der Waals surface area contributed by atoms with Crippen molar-refractivity contribution in [3.63, 3.8) is 0 Å². The number of hydrogen-bond acceptors (Lipinski definition) is 8. The molecule has 2 heterocycles. The summed E-state index contributed by atoms with van der Waals surface area (Å²) < 4.78 is 0. The van der Waals surface area contributed by atoms with Gasteiger partial charge in [0.1, 0.15) is 5.78 Å². The predicted molar refractivity (Wildman–Crippen MR) is 175 cm³/mol. The Morgan fingerprint density at radius 1 is 0.542 bits per heavy atom. The van der Waals surface area contributed by atoms with Crippen LogP contribution in [0.1, 0.15) is 38.5 Å². The van der Waals surface area contributed by atoms with Gasteiger partial charge >= 0.3 is 0 Å². The number of anilines is 2. The summed E-state index contributed by atoms with van der Waals surface area (Å²) in [5.74, 6) is -2.97. The number of nitrogens with zero attached hydrogens (tertiary/aromatic N) is 4. The largest absolute Gasteiger partial charge is 0.354 e. The average molecular weight is 656 g/mol. The maximum absolute atomic E-state index is 13.5. The molecule has 13 heteroatoms. The first-order valence-corrected chi connectivity index (χ1v) is 15.7. The Hall–Kier alpha value is -5.72. The van der Waals surface area contributed by atoms with Crippen LogP contribution in [0.15, 0.2) is 85.0 Å². The van der Waals surface area contributed by atoms with Gasteiger partial charge in [-0.1, -0.05) is 36.4 Å². The smallest absolute Gasteiger partial charge is 0.253 e. The second-order valence-electron chi connectivity index (χ2n) is 11.1. The number of imide groups is 2. The minimum absolute atomic E-state index is 0.00682. The predicted octanol–water partition coefficient (Wildman–Crippen LogP) is 1.93. The molecular formula is C35H37N5O8. The lowest BCUT2D eigenvalue weighted by molar-refractivity contribution is -0.139. The Labute approximate surface area is 277 Å². The van der Waals surface area contributed by atoms with E-state index in [1.807, 2.05) is 6.07 Å². The molecule has 7 amide bonds. The van der Waals surface area contributed by atoms with Gasteiger partial charge in [0.05, 0.1) is 0 Å². The fraction of sp³-hybridized carbons (Fsp3) is 0.314. The topological polar surface area (TPSA) is 162 Å². The highest BCUT2D eigenvalue weighted by Crippen LogP contribution is 2.19. The van der Waals surface area contributed by atoms with E-state index in [1.165, 1.54) is 22.0 Å². The standard InChI is InChI=1S/C35H37N5O8/c41-28(19-23-39-32(45)15-16-33(39)46)12-7-22-37(26-8-3-1-4-9-26)30(43)13-14-31(44)38(27-10-5-2-6-11-27)25-21-36-29(42)20-24-40-34(47)17-18-35(40)48/h1-6,8-11,15-18H,7,12-14,19-25H2,(H,36,42). The van der Waals surface area contributed by atoms with E-state index in [4.69, 9.17) is 0 Å². The van der Waals surface area contributed by atoms with Gasteiger partial charge in [-0.3, -0.25) is 48.2 Å². The van der Waals surface area contributed by atoms with Gasteiger partial charge in [0.15, 0.2) is 0 Å². The first-order chi connectivity index (χ1) is 23.1. The molecule has 0 radical (unpaired) electrons. The molecule has 0 atom stereocenters. The third kappa shape index (κ3) is 9.89. The molecule has 250 valence electrons. The summed E-state index contributed by atoms with van der Waals surface area (Å²) in [4.78, 5) is 104. The molecule has 0 bridgehead atoms. The van der Waals surface area contributed by atoms with Crippen LogP contribution in [0.5, 0.6) is 0 Å². The van der Waals surface area contributed by atoms with Gasteiger partial charge in [-0.15, -0.1) is 0 Å². The Morgan fingerprint density at radius 3 is 1.46 bits per heavy atom. The van der Waals surface area contributed by atoms with Gasteiger partial charge in [0, 0.05) is 101 Å². The van der Waals surface area contributed by atoms with Crippen LogP contribution >= 0.6 is 0 Å². The summed E-state index contributed by atoms with van der Waals surface area (Å²) in [5, 5.41) is 2.71. The lowest BCUT2D eigenvalue weighted by Crippen LogP contribution is -2.40. The van der Waals surface area contributed by atoms with Crippen molar-refractivity contribution < 1.29 is 38.4 Å². The highest BCUT2D eigenvalue weighted by molar-refractivity contribution is 6.13. The number of benzene rings is 2. The van der Waals surface area contributed by atoms with Crippen molar-refractivity contribution in [1.82, 2.24) is 15.1 Å². The van der Waals surface area contributed by atoms with Crippen LogP contribution in [0.2, 0.25) is 0 Å². The van der Waals surface area contributed by atoms with E-state index in [1.54, 1.807) is 54.6 Å². The van der Waals surface area contributed by atoms with Crippen molar-refractivity contribution in [2.45, 2.75) is 38.5 Å². The molecule has 0 aromatic heterocycles. The van der Waals surface area contributed by atoms with Crippen molar-refractivity contribution in [3.05, 3.63) is 85.0 Å². The van der Waals surface area contributed by atoms with E-state index in [-0.39, 0.29) is 88.3 Å². The van der Waals surface area contributed by atoms with E-state index in [2.05, 4.69) is 5.32 Å². The van der Waals surface area contributed by atoms with Gasteiger partial charge in [0.2, 0.25) is 17.7 Å². The molecule has 0 saturated heterocycles. The highest BCUT2D eigenvalue weighted by Gasteiger charge is 2.25. The molecule has 2 aliphatic rings. The van der Waals surface area contributed by atoms with Crippen LogP contribution < -0.4 is 15.1 Å². The molecule has 0 saturated carbocycles. The molecule has 0 spiro atoms. The molecule has 1 N–H and O–H groups in total. The normalized spacial score (nSPS) is 13.8. The van der Waals surface area contributed by atoms with Crippen LogP contribution in [-0.2, 0) is 38.4 Å². The Balaban J connectivity index is 1.28. The lowest BCUT2D eigenvalue weighted by Gasteiger charge is -2.25. The van der Waals surface area contributed by atoms with Gasteiger partial charge < -0.3 is 15.1 Å². The molecule has 2 aromatic carbocycles. The molecule has 2 aliphatic heterocycles. The second-order valence-corrected chi connectivity index (χ2v) is 11.1. The van der Waals surface area contributed by atoms with Crippen molar-refractivity contribution >= 4 is 58.5 Å².